The first-order chi connectivity index (χ1) is 10.0. The van der Waals surface area contributed by atoms with Crippen molar-refractivity contribution in [3.63, 3.8) is 0 Å². The Bertz CT molecular complexity index is 677. The molecule has 6 nitrogen and oxygen atoms in total. The van der Waals surface area contributed by atoms with Crippen LogP contribution in [0.4, 0.5) is 11.5 Å². The predicted octanol–water partition coefficient (Wildman–Crippen LogP) is 2.64. The molecule has 2 rings (SSSR count). The number of carbonyl (C=O) groups is 1. The third-order valence-electron chi connectivity index (χ3n) is 2.91. The first kappa shape index (κ1) is 14.9. The minimum absolute atomic E-state index is 0.00127. The molecule has 0 radical (unpaired) electrons. The highest BCUT2D eigenvalue weighted by atomic mass is 35.5. The van der Waals surface area contributed by atoms with Crippen molar-refractivity contribution in [1.82, 2.24) is 4.98 Å². The number of anilines is 2. The van der Waals surface area contributed by atoms with E-state index in [2.05, 4.69) is 10.3 Å². The lowest BCUT2D eigenvalue weighted by Gasteiger charge is -2.12. The molecule has 0 aliphatic heterocycles. The molecule has 0 saturated heterocycles. The van der Waals surface area contributed by atoms with Crippen LogP contribution >= 0.6 is 11.6 Å². The van der Waals surface area contributed by atoms with Crippen molar-refractivity contribution >= 4 is 29.1 Å². The van der Waals surface area contributed by atoms with E-state index in [1.807, 2.05) is 0 Å². The van der Waals surface area contributed by atoms with Crippen LogP contribution in [-0.2, 0) is 6.54 Å². The minimum atomic E-state index is -1.10. The summed E-state index contributed by atoms with van der Waals surface area (Å²) in [7, 11) is 1.55. The summed E-state index contributed by atoms with van der Waals surface area (Å²) in [5, 5.41) is 12.6. The number of aromatic nitrogens is 1. The van der Waals surface area contributed by atoms with Crippen LogP contribution in [0.3, 0.4) is 0 Å². The zero-order chi connectivity index (χ0) is 15.4. The molecule has 110 valence electrons. The smallest absolute Gasteiger partial charge is 0.337 e. The van der Waals surface area contributed by atoms with Gasteiger partial charge in [-0.1, -0.05) is 17.7 Å². The van der Waals surface area contributed by atoms with Gasteiger partial charge in [-0.25, -0.2) is 9.78 Å². The Balaban J connectivity index is 2.21. The van der Waals surface area contributed by atoms with Crippen LogP contribution in [0.25, 0.3) is 0 Å². The second-order valence-corrected chi connectivity index (χ2v) is 4.64. The van der Waals surface area contributed by atoms with Crippen LogP contribution in [0, 0.1) is 0 Å². The van der Waals surface area contributed by atoms with Crippen LogP contribution in [0.1, 0.15) is 15.9 Å². The number of carboxylic acids is 1. The highest BCUT2D eigenvalue weighted by molar-refractivity contribution is 6.31. The number of hydrogen-bond donors (Lipinski definition) is 3. The lowest BCUT2D eigenvalue weighted by molar-refractivity contribution is 0.0698. The molecule has 2 aromatic rings. The number of hydrogen-bond acceptors (Lipinski definition) is 5. The molecule has 7 heteroatoms. The molecule has 0 bridgehead atoms. The van der Waals surface area contributed by atoms with Gasteiger partial charge in [0.2, 0.25) is 0 Å². The number of ether oxygens (including phenoxy) is 1. The van der Waals surface area contributed by atoms with Gasteiger partial charge in [0.1, 0.15) is 11.6 Å². The van der Waals surface area contributed by atoms with E-state index in [0.717, 1.165) is 5.56 Å². The second kappa shape index (κ2) is 6.32. The summed E-state index contributed by atoms with van der Waals surface area (Å²) in [5.74, 6) is -0.0688. The lowest BCUT2D eigenvalue weighted by Crippen LogP contribution is -2.08. The van der Waals surface area contributed by atoms with Crippen molar-refractivity contribution in [3.05, 3.63) is 46.6 Å². The van der Waals surface area contributed by atoms with E-state index in [4.69, 9.17) is 27.2 Å². The van der Waals surface area contributed by atoms with Gasteiger partial charge in [0.25, 0.3) is 0 Å². The molecule has 1 aromatic carbocycles. The maximum Gasteiger partial charge on any atom is 0.337 e. The van der Waals surface area contributed by atoms with Gasteiger partial charge in [0, 0.05) is 17.1 Å². The number of carboxylic acid groups (broad SMARTS) is 1. The van der Waals surface area contributed by atoms with Gasteiger partial charge >= 0.3 is 5.97 Å². The average Bonchev–Trinajstić information content (AvgIpc) is 2.46. The molecule has 0 unspecified atom stereocenters. The molecule has 4 N–H and O–H groups in total. The number of halogens is 1. The van der Waals surface area contributed by atoms with Crippen molar-refractivity contribution in [2.75, 3.05) is 18.2 Å². The molecule has 21 heavy (non-hydrogen) atoms. The largest absolute Gasteiger partial charge is 0.496 e. The van der Waals surface area contributed by atoms with Crippen LogP contribution in [0.5, 0.6) is 5.75 Å². The normalized spacial score (nSPS) is 10.2. The Morgan fingerprint density at radius 1 is 1.52 bits per heavy atom. The number of rotatable bonds is 5. The maximum absolute atomic E-state index is 11.0. The van der Waals surface area contributed by atoms with Crippen LogP contribution in [0.2, 0.25) is 5.02 Å². The summed E-state index contributed by atoms with van der Waals surface area (Å²) < 4.78 is 5.24. The molecule has 0 aliphatic rings. The number of benzene rings is 1. The predicted molar refractivity (Wildman–Crippen MR) is 80.9 cm³/mol. The average molecular weight is 308 g/mol. The summed E-state index contributed by atoms with van der Waals surface area (Å²) >= 11 is 6.13. The van der Waals surface area contributed by atoms with E-state index >= 15 is 0 Å². The summed E-state index contributed by atoms with van der Waals surface area (Å²) in [6.45, 7) is 0.346. The molecular weight excluding hydrogens is 294 g/mol. The summed E-state index contributed by atoms with van der Waals surface area (Å²) in [6.07, 6.45) is 1.30. The molecule has 1 heterocycles. The molecule has 0 aliphatic carbocycles. The zero-order valence-corrected chi connectivity index (χ0v) is 12.0. The lowest BCUT2D eigenvalue weighted by atomic mass is 10.2. The second-order valence-electron chi connectivity index (χ2n) is 4.24. The van der Waals surface area contributed by atoms with Gasteiger partial charge < -0.3 is 20.9 Å². The fourth-order valence-electron chi connectivity index (χ4n) is 1.83. The quantitative estimate of drug-likeness (QED) is 0.785. The van der Waals surface area contributed by atoms with Gasteiger partial charge in [-0.2, -0.15) is 0 Å². The van der Waals surface area contributed by atoms with Crippen LogP contribution < -0.4 is 15.8 Å². The molecule has 0 amide bonds. The maximum atomic E-state index is 11.0. The van der Waals surface area contributed by atoms with E-state index < -0.39 is 5.97 Å². The minimum Gasteiger partial charge on any atom is -0.496 e. The van der Waals surface area contributed by atoms with Gasteiger partial charge in [-0.3, -0.25) is 0 Å². The Morgan fingerprint density at radius 2 is 2.29 bits per heavy atom. The van der Waals surface area contributed by atoms with E-state index in [1.165, 1.54) is 12.3 Å². The molecule has 1 aromatic heterocycles. The first-order valence-corrected chi connectivity index (χ1v) is 6.44. The van der Waals surface area contributed by atoms with Crippen LogP contribution in [0.15, 0.2) is 30.5 Å². The van der Waals surface area contributed by atoms with Crippen LogP contribution in [-0.4, -0.2) is 23.2 Å². The van der Waals surface area contributed by atoms with Crippen molar-refractivity contribution in [2.45, 2.75) is 6.54 Å². The summed E-state index contributed by atoms with van der Waals surface area (Å²) in [6, 6.07) is 6.71. The van der Waals surface area contributed by atoms with Gasteiger partial charge in [0.05, 0.1) is 24.6 Å². The first-order valence-electron chi connectivity index (χ1n) is 6.07. The van der Waals surface area contributed by atoms with Crippen molar-refractivity contribution in [3.8, 4) is 5.75 Å². The fraction of sp³-hybridized carbons (Fsp3) is 0.143. The van der Waals surface area contributed by atoms with Crippen molar-refractivity contribution in [2.24, 2.45) is 0 Å². The SMILES string of the molecule is COc1cccc(Cl)c1CNc1cc(C(=O)O)c(N)cn1. The third-order valence-corrected chi connectivity index (χ3v) is 3.26. The Hall–Kier alpha value is -2.47. The number of nitrogens with zero attached hydrogens (tertiary/aromatic N) is 1. The number of nitrogens with one attached hydrogen (secondary N) is 1. The number of nitrogens with two attached hydrogens (primary N) is 1. The van der Waals surface area contributed by atoms with Gasteiger partial charge in [0.15, 0.2) is 0 Å². The van der Waals surface area contributed by atoms with E-state index in [1.54, 1.807) is 25.3 Å². The van der Waals surface area contributed by atoms with Gasteiger partial charge in [-0.05, 0) is 18.2 Å². The molecule has 0 saturated carbocycles. The summed E-state index contributed by atoms with van der Waals surface area (Å²) in [5.41, 5.74) is 6.43. The fourth-order valence-corrected chi connectivity index (χ4v) is 2.06. The van der Waals surface area contributed by atoms with Gasteiger partial charge in [-0.15, -0.1) is 0 Å². The number of pyridine rings is 1. The highest BCUT2D eigenvalue weighted by Crippen LogP contribution is 2.27. The zero-order valence-electron chi connectivity index (χ0n) is 11.3. The number of methoxy groups -OCH3 is 1. The standard InChI is InChI=1S/C14H14ClN3O3/c1-21-12-4-2-3-10(15)9(12)6-17-13-5-8(14(19)20)11(16)7-18-13/h2-5,7H,6,16H2,1H3,(H,17,18)(H,19,20). The molecular formula is C14H14ClN3O3. The Kier molecular flexibility index (Phi) is 4.49. The monoisotopic (exact) mass is 307 g/mol. The molecule has 0 atom stereocenters. The third kappa shape index (κ3) is 3.35. The number of aromatic carboxylic acids is 1. The number of nitrogen functional groups attached to an aromatic ring is 1. The van der Waals surface area contributed by atoms with Crippen molar-refractivity contribution in [1.29, 1.82) is 0 Å². The topological polar surface area (TPSA) is 97.5 Å². The van der Waals surface area contributed by atoms with E-state index in [9.17, 15) is 4.79 Å². The van der Waals surface area contributed by atoms with Crippen molar-refractivity contribution < 1.29 is 14.6 Å². The summed E-state index contributed by atoms with van der Waals surface area (Å²) in [4.78, 5) is 15.1. The van der Waals surface area contributed by atoms with E-state index in [-0.39, 0.29) is 11.3 Å². The Morgan fingerprint density at radius 3 is 2.95 bits per heavy atom. The van der Waals surface area contributed by atoms with E-state index in [0.29, 0.717) is 23.1 Å². The Labute approximate surface area is 126 Å². The molecule has 0 spiro atoms. The molecule has 0 fully saturated rings. The highest BCUT2D eigenvalue weighted by Gasteiger charge is 2.11.